The molecule has 0 saturated carbocycles. The van der Waals surface area contributed by atoms with Gasteiger partial charge in [0, 0.05) is 0 Å². The SMILES string of the molecule is N#Cc1nc(C(F)(F)F)[nH]c1C#N.[LiH].[LiH]. The van der Waals surface area contributed by atoms with Crippen molar-refractivity contribution in [2.75, 3.05) is 0 Å². The Hall–Kier alpha value is -0.825. The van der Waals surface area contributed by atoms with Gasteiger partial charge in [-0.1, -0.05) is 0 Å². The van der Waals surface area contributed by atoms with Crippen molar-refractivity contribution in [3.63, 3.8) is 0 Å². The molecule has 70 valence electrons. The van der Waals surface area contributed by atoms with E-state index in [1.807, 2.05) is 0 Å². The predicted molar refractivity (Wildman–Crippen MR) is 47.3 cm³/mol. The molecule has 0 aliphatic rings. The molecule has 0 bridgehead atoms. The van der Waals surface area contributed by atoms with Crippen LogP contribution in [0.3, 0.4) is 0 Å². The summed E-state index contributed by atoms with van der Waals surface area (Å²) in [6, 6.07) is 2.77. The topological polar surface area (TPSA) is 76.3 Å². The Labute approximate surface area is 107 Å². The summed E-state index contributed by atoms with van der Waals surface area (Å²) in [6.07, 6.45) is -4.67. The molecule has 0 aliphatic carbocycles. The minimum atomic E-state index is -4.67. The van der Waals surface area contributed by atoms with E-state index in [1.165, 1.54) is 12.1 Å². The Morgan fingerprint density at radius 2 is 1.67 bits per heavy atom. The van der Waals surface area contributed by atoms with Gasteiger partial charge in [0.15, 0.2) is 11.4 Å². The summed E-state index contributed by atoms with van der Waals surface area (Å²) in [5, 5.41) is 16.6. The summed E-state index contributed by atoms with van der Waals surface area (Å²) in [6.45, 7) is 0. The Morgan fingerprint density at radius 3 is 1.93 bits per heavy atom. The number of nitrogens with one attached hydrogen (secondary N) is 1. The van der Waals surface area contributed by atoms with Gasteiger partial charge in [0.2, 0.25) is 5.82 Å². The number of nitriles is 2. The summed E-state index contributed by atoms with van der Waals surface area (Å²) in [4.78, 5) is 4.61. The molecule has 0 aliphatic heterocycles. The molecule has 9 heteroatoms. The molecule has 0 fully saturated rings. The number of alkyl halides is 3. The second-order valence-corrected chi connectivity index (χ2v) is 2.03. The van der Waals surface area contributed by atoms with Crippen molar-refractivity contribution in [2.45, 2.75) is 6.18 Å². The summed E-state index contributed by atoms with van der Waals surface area (Å²) in [5.74, 6) is -1.33. The van der Waals surface area contributed by atoms with E-state index in [9.17, 15) is 13.2 Å². The van der Waals surface area contributed by atoms with Gasteiger partial charge in [0.25, 0.3) is 0 Å². The third-order valence-electron chi connectivity index (χ3n) is 1.19. The van der Waals surface area contributed by atoms with E-state index in [4.69, 9.17) is 10.5 Å². The first-order chi connectivity index (χ1) is 5.99. The molecule has 15 heavy (non-hydrogen) atoms. The zero-order valence-electron chi connectivity index (χ0n) is 5.98. The van der Waals surface area contributed by atoms with E-state index >= 15 is 0 Å². The van der Waals surface area contributed by atoms with Crippen molar-refractivity contribution in [1.82, 2.24) is 9.97 Å². The fourth-order valence-electron chi connectivity index (χ4n) is 0.669. The van der Waals surface area contributed by atoms with Crippen molar-refractivity contribution in [2.24, 2.45) is 0 Å². The maximum atomic E-state index is 11.9. The average Bonchev–Trinajstić information content (AvgIpc) is 2.45. The van der Waals surface area contributed by atoms with Crippen LogP contribution >= 0.6 is 0 Å². The molecule has 0 radical (unpaired) electrons. The van der Waals surface area contributed by atoms with Crippen molar-refractivity contribution in [1.29, 1.82) is 10.5 Å². The number of aromatic amines is 1. The third-order valence-corrected chi connectivity index (χ3v) is 1.19. The molecule has 0 aromatic carbocycles. The third kappa shape index (κ3) is 3.67. The Kier molecular flexibility index (Phi) is 6.54. The van der Waals surface area contributed by atoms with Gasteiger partial charge < -0.3 is 4.98 Å². The van der Waals surface area contributed by atoms with Crippen LogP contribution in [0.15, 0.2) is 0 Å². The fraction of sp³-hybridized carbons (Fsp3) is 0.167. The molecule has 4 nitrogen and oxygen atoms in total. The van der Waals surface area contributed by atoms with Gasteiger partial charge in [-0.05, 0) is 0 Å². The zero-order valence-corrected chi connectivity index (χ0v) is 5.98. The molecular formula is C6H3F3Li2N4. The molecule has 1 aromatic rings. The van der Waals surface area contributed by atoms with E-state index in [1.54, 1.807) is 4.98 Å². The first-order valence-electron chi connectivity index (χ1n) is 2.96. The van der Waals surface area contributed by atoms with Gasteiger partial charge in [0.1, 0.15) is 12.1 Å². The number of H-pyrrole nitrogens is 1. The standard InChI is InChI=1S/C6HF3N4.2Li.2H/c7-6(8,9)5-12-3(1-10)4(2-11)13-5;;;;/h(H,12,13);;;;. The van der Waals surface area contributed by atoms with Gasteiger partial charge in [-0.3, -0.25) is 0 Å². The van der Waals surface area contributed by atoms with Gasteiger partial charge in [-0.25, -0.2) is 4.98 Å². The van der Waals surface area contributed by atoms with Crippen LogP contribution in [0, 0.1) is 22.7 Å². The van der Waals surface area contributed by atoms with Gasteiger partial charge in [0.05, 0.1) is 0 Å². The molecule has 1 N–H and O–H groups in total. The number of halogens is 3. The molecular weight excluding hydrogens is 199 g/mol. The molecule has 1 heterocycles. The van der Waals surface area contributed by atoms with Crippen molar-refractivity contribution in [3.8, 4) is 12.1 Å². The summed E-state index contributed by atoms with van der Waals surface area (Å²) in [5.41, 5.74) is -1.02. The second-order valence-electron chi connectivity index (χ2n) is 2.03. The van der Waals surface area contributed by atoms with E-state index in [2.05, 4.69) is 4.98 Å². The quantitative estimate of drug-likeness (QED) is 0.595. The Balaban J connectivity index is 0. The van der Waals surface area contributed by atoms with E-state index in [0.717, 1.165) is 0 Å². The molecule has 0 atom stereocenters. The second kappa shape index (κ2) is 5.91. The van der Waals surface area contributed by atoms with Crippen LogP contribution in [0.1, 0.15) is 17.2 Å². The van der Waals surface area contributed by atoms with Crippen molar-refractivity contribution < 1.29 is 13.2 Å². The molecule has 0 saturated heterocycles. The summed E-state index contributed by atoms with van der Waals surface area (Å²) in [7, 11) is 0. The first-order valence-corrected chi connectivity index (χ1v) is 2.96. The van der Waals surface area contributed by atoms with E-state index in [-0.39, 0.29) is 37.7 Å². The Bertz CT molecular complexity index is 380. The summed E-state index contributed by atoms with van der Waals surface area (Å²) >= 11 is 0. The molecule has 0 spiro atoms. The van der Waals surface area contributed by atoms with Crippen molar-refractivity contribution >= 4 is 37.7 Å². The van der Waals surface area contributed by atoms with Crippen LogP contribution in [-0.2, 0) is 6.18 Å². The number of aromatic nitrogens is 2. The normalized spacial score (nSPS) is 9.13. The van der Waals surface area contributed by atoms with Gasteiger partial charge >= 0.3 is 43.9 Å². The van der Waals surface area contributed by atoms with Crippen molar-refractivity contribution in [3.05, 3.63) is 17.2 Å². The van der Waals surface area contributed by atoms with Crippen LogP contribution in [0.4, 0.5) is 13.2 Å². The summed E-state index contributed by atoms with van der Waals surface area (Å²) < 4.78 is 35.8. The van der Waals surface area contributed by atoms with Gasteiger partial charge in [-0.2, -0.15) is 23.7 Å². The van der Waals surface area contributed by atoms with E-state index < -0.39 is 23.4 Å². The van der Waals surface area contributed by atoms with Crippen LogP contribution in [0.25, 0.3) is 0 Å². The van der Waals surface area contributed by atoms with Crippen LogP contribution in [-0.4, -0.2) is 47.7 Å². The predicted octanol–water partition coefficient (Wildman–Crippen LogP) is -0.125. The molecule has 0 unspecified atom stereocenters. The van der Waals surface area contributed by atoms with E-state index in [0.29, 0.717) is 0 Å². The minimum absolute atomic E-state index is 0. The molecule has 1 rings (SSSR count). The maximum absolute atomic E-state index is 11.9. The number of imidazole rings is 1. The number of nitrogens with zero attached hydrogens (tertiary/aromatic N) is 3. The average molecular weight is 202 g/mol. The molecule has 1 aromatic heterocycles. The van der Waals surface area contributed by atoms with Crippen LogP contribution in [0.5, 0.6) is 0 Å². The number of hydrogen-bond acceptors (Lipinski definition) is 3. The fourth-order valence-corrected chi connectivity index (χ4v) is 0.669. The molecule has 0 amide bonds. The van der Waals surface area contributed by atoms with Crippen LogP contribution in [0.2, 0.25) is 0 Å². The first kappa shape index (κ1) is 16.6. The monoisotopic (exact) mass is 202 g/mol. The zero-order chi connectivity index (χ0) is 10.1. The van der Waals surface area contributed by atoms with Crippen LogP contribution < -0.4 is 0 Å². The number of hydrogen-bond donors (Lipinski definition) is 1. The van der Waals surface area contributed by atoms with Gasteiger partial charge in [-0.15, -0.1) is 0 Å². The number of rotatable bonds is 0. The Morgan fingerprint density at radius 1 is 1.13 bits per heavy atom.